The number of amides is 1. The van der Waals surface area contributed by atoms with Gasteiger partial charge in [-0.05, 0) is 37.0 Å². The Morgan fingerprint density at radius 1 is 1.30 bits per heavy atom. The molecular formula is C14H13BrFNO3. The van der Waals surface area contributed by atoms with Crippen LogP contribution in [0.1, 0.15) is 24.0 Å². The predicted molar refractivity (Wildman–Crippen MR) is 72.5 cm³/mol. The molecule has 106 valence electrons. The van der Waals surface area contributed by atoms with Crippen molar-refractivity contribution in [3.8, 4) is 0 Å². The maximum Gasteiger partial charge on any atom is 0.319 e. The lowest BCUT2D eigenvalue weighted by Gasteiger charge is -2.31. The molecule has 1 aliphatic heterocycles. The SMILES string of the molecule is O=C(O)C1(C(=O)N2CCc3c(Br)ccc(F)c3C2)CC1. The average Bonchev–Trinajstić information content (AvgIpc) is 3.23. The van der Waals surface area contributed by atoms with E-state index >= 15 is 0 Å². The molecule has 4 nitrogen and oxygen atoms in total. The van der Waals surface area contributed by atoms with Gasteiger partial charge >= 0.3 is 5.97 Å². The number of fused-ring (bicyclic) bond motifs is 1. The second-order valence-corrected chi connectivity index (χ2v) is 6.20. The topological polar surface area (TPSA) is 57.6 Å². The van der Waals surface area contributed by atoms with Crippen LogP contribution in [-0.4, -0.2) is 28.4 Å². The minimum absolute atomic E-state index is 0.147. The van der Waals surface area contributed by atoms with Crippen LogP contribution < -0.4 is 0 Å². The molecule has 1 saturated carbocycles. The fraction of sp³-hybridized carbons (Fsp3) is 0.429. The van der Waals surface area contributed by atoms with Crippen molar-refractivity contribution in [1.82, 2.24) is 4.90 Å². The van der Waals surface area contributed by atoms with Crippen molar-refractivity contribution in [3.63, 3.8) is 0 Å². The van der Waals surface area contributed by atoms with Crippen molar-refractivity contribution in [2.45, 2.75) is 25.8 Å². The number of halogens is 2. The van der Waals surface area contributed by atoms with Crippen LogP contribution in [0.4, 0.5) is 4.39 Å². The van der Waals surface area contributed by atoms with Gasteiger partial charge in [0.05, 0.1) is 0 Å². The Hall–Kier alpha value is -1.43. The van der Waals surface area contributed by atoms with Crippen molar-refractivity contribution in [3.05, 3.63) is 33.5 Å². The summed E-state index contributed by atoms with van der Waals surface area (Å²) >= 11 is 3.38. The summed E-state index contributed by atoms with van der Waals surface area (Å²) in [6, 6.07) is 3.02. The van der Waals surface area contributed by atoms with Gasteiger partial charge in [-0.1, -0.05) is 15.9 Å². The quantitative estimate of drug-likeness (QED) is 0.840. The molecule has 0 bridgehead atoms. The Bertz CT molecular complexity index is 613. The Morgan fingerprint density at radius 2 is 2.00 bits per heavy atom. The molecule has 1 aromatic carbocycles. The first-order chi connectivity index (χ1) is 9.45. The van der Waals surface area contributed by atoms with E-state index in [1.165, 1.54) is 11.0 Å². The van der Waals surface area contributed by atoms with Crippen molar-refractivity contribution < 1.29 is 19.1 Å². The van der Waals surface area contributed by atoms with Gasteiger partial charge < -0.3 is 10.0 Å². The first kappa shape index (κ1) is 13.5. The molecule has 0 unspecified atom stereocenters. The highest BCUT2D eigenvalue weighted by molar-refractivity contribution is 9.10. The molecule has 0 saturated heterocycles. The molecule has 1 fully saturated rings. The molecule has 0 radical (unpaired) electrons. The number of carboxylic acids is 1. The van der Waals surface area contributed by atoms with Crippen LogP contribution in [-0.2, 0) is 22.6 Å². The van der Waals surface area contributed by atoms with Crippen molar-refractivity contribution in [2.24, 2.45) is 5.41 Å². The first-order valence-electron chi connectivity index (χ1n) is 6.44. The number of benzene rings is 1. The molecule has 1 heterocycles. The molecule has 0 aromatic heterocycles. The van der Waals surface area contributed by atoms with Gasteiger partial charge in [-0.3, -0.25) is 9.59 Å². The van der Waals surface area contributed by atoms with Crippen LogP contribution in [0, 0.1) is 11.2 Å². The van der Waals surface area contributed by atoms with Crippen LogP contribution in [0.2, 0.25) is 0 Å². The summed E-state index contributed by atoms with van der Waals surface area (Å²) in [6.45, 7) is 0.581. The zero-order chi connectivity index (χ0) is 14.5. The van der Waals surface area contributed by atoms with Crippen LogP contribution in [0.25, 0.3) is 0 Å². The number of hydrogen-bond acceptors (Lipinski definition) is 2. The van der Waals surface area contributed by atoms with E-state index in [9.17, 15) is 14.0 Å². The monoisotopic (exact) mass is 341 g/mol. The molecule has 1 aromatic rings. The number of aliphatic carboxylic acids is 1. The molecule has 6 heteroatoms. The van der Waals surface area contributed by atoms with E-state index in [0.29, 0.717) is 31.4 Å². The number of nitrogens with zero attached hydrogens (tertiary/aromatic N) is 1. The van der Waals surface area contributed by atoms with Gasteiger partial charge in [-0.25, -0.2) is 4.39 Å². The van der Waals surface area contributed by atoms with Gasteiger partial charge in [0, 0.05) is 23.1 Å². The standard InChI is InChI=1S/C14H13BrFNO3/c15-10-1-2-11(16)9-7-17(6-3-8(9)10)12(18)14(4-5-14)13(19)20/h1-2H,3-7H2,(H,19,20). The summed E-state index contributed by atoms with van der Waals surface area (Å²) < 4.78 is 14.7. The maximum absolute atomic E-state index is 13.9. The Balaban J connectivity index is 1.88. The smallest absolute Gasteiger partial charge is 0.319 e. The number of rotatable bonds is 2. The summed E-state index contributed by atoms with van der Waals surface area (Å²) in [4.78, 5) is 25.0. The normalized spacial score (nSPS) is 19.4. The third-order valence-corrected chi connectivity index (χ3v) is 4.90. The highest BCUT2D eigenvalue weighted by Crippen LogP contribution is 2.48. The Morgan fingerprint density at radius 3 is 2.60 bits per heavy atom. The number of hydrogen-bond donors (Lipinski definition) is 1. The molecule has 1 aliphatic carbocycles. The molecule has 0 spiro atoms. The second-order valence-electron chi connectivity index (χ2n) is 5.35. The van der Waals surface area contributed by atoms with Gasteiger partial charge in [-0.15, -0.1) is 0 Å². The summed E-state index contributed by atoms with van der Waals surface area (Å²) in [5, 5.41) is 9.17. The predicted octanol–water partition coefficient (Wildman–Crippen LogP) is 2.34. The zero-order valence-corrected chi connectivity index (χ0v) is 12.2. The lowest BCUT2D eigenvalue weighted by Crippen LogP contribution is -2.43. The zero-order valence-electron chi connectivity index (χ0n) is 10.7. The van der Waals surface area contributed by atoms with Crippen LogP contribution in [0.5, 0.6) is 0 Å². The van der Waals surface area contributed by atoms with E-state index in [1.807, 2.05) is 0 Å². The summed E-state index contributed by atoms with van der Waals surface area (Å²) in [7, 11) is 0. The van der Waals surface area contributed by atoms with Gasteiger partial charge in [0.2, 0.25) is 5.91 Å². The van der Waals surface area contributed by atoms with Crippen LogP contribution in [0.15, 0.2) is 16.6 Å². The summed E-state index contributed by atoms with van der Waals surface area (Å²) in [6.07, 6.45) is 1.30. The molecule has 20 heavy (non-hydrogen) atoms. The van der Waals surface area contributed by atoms with Crippen LogP contribution in [0.3, 0.4) is 0 Å². The molecule has 2 aliphatic rings. The summed E-state index contributed by atoms with van der Waals surface area (Å²) in [5.74, 6) is -1.79. The second kappa shape index (κ2) is 4.55. The molecule has 3 rings (SSSR count). The van der Waals surface area contributed by atoms with Crippen molar-refractivity contribution in [1.29, 1.82) is 0 Å². The van der Waals surface area contributed by atoms with E-state index in [-0.39, 0.29) is 18.3 Å². The third-order valence-electron chi connectivity index (χ3n) is 4.15. The summed E-state index contributed by atoms with van der Waals surface area (Å²) in [5.41, 5.74) is 0.106. The van der Waals surface area contributed by atoms with Gasteiger partial charge in [0.1, 0.15) is 11.2 Å². The number of carbonyl (C=O) groups is 2. The molecule has 1 amide bonds. The highest BCUT2D eigenvalue weighted by Gasteiger charge is 2.58. The first-order valence-corrected chi connectivity index (χ1v) is 7.23. The Labute approximate surface area is 123 Å². The fourth-order valence-electron chi connectivity index (χ4n) is 2.71. The van der Waals surface area contributed by atoms with Gasteiger partial charge in [0.25, 0.3) is 0 Å². The highest BCUT2D eigenvalue weighted by atomic mass is 79.9. The minimum atomic E-state index is -1.25. The molecule has 0 atom stereocenters. The largest absolute Gasteiger partial charge is 0.480 e. The van der Waals surface area contributed by atoms with E-state index in [1.54, 1.807) is 6.07 Å². The number of carboxylic acid groups (broad SMARTS) is 1. The van der Waals surface area contributed by atoms with E-state index < -0.39 is 11.4 Å². The van der Waals surface area contributed by atoms with Gasteiger partial charge in [-0.2, -0.15) is 0 Å². The lowest BCUT2D eigenvalue weighted by atomic mass is 9.97. The van der Waals surface area contributed by atoms with Crippen molar-refractivity contribution >= 4 is 27.8 Å². The fourth-order valence-corrected chi connectivity index (χ4v) is 3.28. The molecule has 1 N–H and O–H groups in total. The van der Waals surface area contributed by atoms with Gasteiger partial charge in [0.15, 0.2) is 0 Å². The lowest BCUT2D eigenvalue weighted by molar-refractivity contribution is -0.153. The van der Waals surface area contributed by atoms with Crippen LogP contribution >= 0.6 is 15.9 Å². The Kier molecular flexibility index (Phi) is 3.08. The van der Waals surface area contributed by atoms with E-state index in [0.717, 1.165) is 10.0 Å². The van der Waals surface area contributed by atoms with E-state index in [4.69, 9.17) is 5.11 Å². The average molecular weight is 342 g/mol. The molecular weight excluding hydrogens is 329 g/mol. The van der Waals surface area contributed by atoms with E-state index in [2.05, 4.69) is 15.9 Å². The maximum atomic E-state index is 13.9. The van der Waals surface area contributed by atoms with Crippen molar-refractivity contribution in [2.75, 3.05) is 6.54 Å². The minimum Gasteiger partial charge on any atom is -0.480 e. The third kappa shape index (κ3) is 1.93. The number of carbonyl (C=O) groups excluding carboxylic acids is 1.